The number of rotatable bonds is 5. The maximum Gasteiger partial charge on any atom is 0.214 e. The van der Waals surface area contributed by atoms with E-state index in [9.17, 15) is 4.79 Å². The molecule has 0 spiro atoms. The van der Waals surface area contributed by atoms with Crippen molar-refractivity contribution in [2.24, 2.45) is 0 Å². The molecule has 3 heteroatoms. The Morgan fingerprint density at radius 1 is 1.14 bits per heavy atom. The maximum absolute atomic E-state index is 10.8. The smallest absolute Gasteiger partial charge is 0.214 e. The first kappa shape index (κ1) is 10.7. The van der Waals surface area contributed by atoms with Crippen LogP contribution in [0.3, 0.4) is 0 Å². The van der Waals surface area contributed by atoms with E-state index in [1.165, 1.54) is 0 Å². The second-order valence-corrected chi connectivity index (χ2v) is 3.44. The van der Waals surface area contributed by atoms with Crippen molar-refractivity contribution in [2.45, 2.75) is 0 Å². The Morgan fingerprint density at radius 3 is 2.29 bits per heavy atom. The number of benzene rings is 1. The standard InChI is InChI=1S/C11H16N2O/c1-12(2)8-9-13(10-14)11-6-4-3-5-7-11/h3-7,10H,8-9H2,1-2H3. The lowest BCUT2D eigenvalue weighted by Crippen LogP contribution is -2.30. The predicted molar refractivity (Wildman–Crippen MR) is 58.4 cm³/mol. The Bertz CT molecular complexity index is 272. The molecular formula is C11H16N2O. The molecule has 0 saturated heterocycles. The molecule has 0 atom stereocenters. The van der Waals surface area contributed by atoms with Crippen LogP contribution in [0.25, 0.3) is 0 Å². The van der Waals surface area contributed by atoms with Gasteiger partial charge >= 0.3 is 0 Å². The van der Waals surface area contributed by atoms with Crippen LogP contribution >= 0.6 is 0 Å². The van der Waals surface area contributed by atoms with Gasteiger partial charge in [0.1, 0.15) is 0 Å². The second kappa shape index (κ2) is 5.40. The molecule has 0 heterocycles. The molecule has 0 saturated carbocycles. The van der Waals surface area contributed by atoms with Gasteiger partial charge in [-0.15, -0.1) is 0 Å². The molecule has 0 bridgehead atoms. The quantitative estimate of drug-likeness (QED) is 0.655. The molecule has 0 unspecified atom stereocenters. The zero-order valence-electron chi connectivity index (χ0n) is 8.68. The Morgan fingerprint density at radius 2 is 1.79 bits per heavy atom. The summed E-state index contributed by atoms with van der Waals surface area (Å²) in [7, 11) is 3.99. The Balaban J connectivity index is 2.59. The third-order valence-corrected chi connectivity index (χ3v) is 2.00. The molecule has 76 valence electrons. The molecule has 0 fully saturated rings. The second-order valence-electron chi connectivity index (χ2n) is 3.44. The molecule has 0 aliphatic heterocycles. The molecule has 0 N–H and O–H groups in total. The topological polar surface area (TPSA) is 23.6 Å². The summed E-state index contributed by atoms with van der Waals surface area (Å²) in [5, 5.41) is 0. The number of hydrogen-bond donors (Lipinski definition) is 0. The number of amides is 1. The highest BCUT2D eigenvalue weighted by Gasteiger charge is 2.03. The fourth-order valence-electron chi connectivity index (χ4n) is 1.17. The van der Waals surface area contributed by atoms with Crippen LogP contribution in [0.15, 0.2) is 30.3 Å². The maximum atomic E-state index is 10.8. The molecule has 0 aliphatic rings. The highest BCUT2D eigenvalue weighted by Crippen LogP contribution is 2.10. The van der Waals surface area contributed by atoms with E-state index < -0.39 is 0 Å². The molecule has 1 aromatic carbocycles. The summed E-state index contributed by atoms with van der Waals surface area (Å²) in [6.07, 6.45) is 0.874. The van der Waals surface area contributed by atoms with Gasteiger partial charge in [0.2, 0.25) is 6.41 Å². The first-order valence-electron chi connectivity index (χ1n) is 4.66. The van der Waals surface area contributed by atoms with Crippen LogP contribution in [-0.4, -0.2) is 38.5 Å². The molecule has 1 aromatic rings. The van der Waals surface area contributed by atoms with E-state index in [0.717, 1.165) is 25.2 Å². The van der Waals surface area contributed by atoms with Crippen LogP contribution in [0, 0.1) is 0 Å². The van der Waals surface area contributed by atoms with Gasteiger partial charge in [-0.1, -0.05) is 18.2 Å². The van der Waals surface area contributed by atoms with Crippen LogP contribution in [0.1, 0.15) is 0 Å². The summed E-state index contributed by atoms with van der Waals surface area (Å²) in [5.74, 6) is 0. The van der Waals surface area contributed by atoms with Crippen molar-refractivity contribution in [3.8, 4) is 0 Å². The van der Waals surface area contributed by atoms with Gasteiger partial charge in [-0.05, 0) is 26.2 Å². The van der Waals surface area contributed by atoms with Crippen molar-refractivity contribution >= 4 is 12.1 Å². The molecule has 0 aliphatic carbocycles. The van der Waals surface area contributed by atoms with Crippen molar-refractivity contribution in [1.82, 2.24) is 4.90 Å². The third-order valence-electron chi connectivity index (χ3n) is 2.00. The number of likely N-dealkylation sites (N-methyl/N-ethyl adjacent to an activating group) is 1. The van der Waals surface area contributed by atoms with Crippen LogP contribution in [0.5, 0.6) is 0 Å². The largest absolute Gasteiger partial charge is 0.314 e. The number of para-hydroxylation sites is 1. The molecular weight excluding hydrogens is 176 g/mol. The van der Waals surface area contributed by atoms with Gasteiger partial charge in [-0.2, -0.15) is 0 Å². The fourth-order valence-corrected chi connectivity index (χ4v) is 1.17. The van der Waals surface area contributed by atoms with Gasteiger partial charge in [0, 0.05) is 18.8 Å². The normalized spacial score (nSPS) is 10.2. The monoisotopic (exact) mass is 192 g/mol. The van der Waals surface area contributed by atoms with E-state index in [-0.39, 0.29) is 0 Å². The van der Waals surface area contributed by atoms with Crippen LogP contribution in [-0.2, 0) is 4.79 Å². The summed E-state index contributed by atoms with van der Waals surface area (Å²) in [5.41, 5.74) is 0.948. The summed E-state index contributed by atoms with van der Waals surface area (Å²) in [6, 6.07) is 9.68. The van der Waals surface area contributed by atoms with Gasteiger partial charge in [0.15, 0.2) is 0 Å². The fraction of sp³-hybridized carbons (Fsp3) is 0.364. The third kappa shape index (κ3) is 3.18. The predicted octanol–water partition coefficient (Wildman–Crippen LogP) is 1.21. The minimum atomic E-state index is 0.723. The number of anilines is 1. The highest BCUT2D eigenvalue weighted by atomic mass is 16.1. The van der Waals surface area contributed by atoms with Crippen LogP contribution in [0.2, 0.25) is 0 Å². The first-order valence-corrected chi connectivity index (χ1v) is 4.66. The van der Waals surface area contributed by atoms with E-state index in [0.29, 0.717) is 0 Å². The molecule has 0 aromatic heterocycles. The molecule has 3 nitrogen and oxygen atoms in total. The Kier molecular flexibility index (Phi) is 4.13. The van der Waals surface area contributed by atoms with Gasteiger partial charge in [0.25, 0.3) is 0 Å². The van der Waals surface area contributed by atoms with E-state index in [2.05, 4.69) is 4.90 Å². The van der Waals surface area contributed by atoms with Crippen molar-refractivity contribution in [2.75, 3.05) is 32.1 Å². The van der Waals surface area contributed by atoms with E-state index in [1.807, 2.05) is 44.4 Å². The molecule has 1 rings (SSSR count). The summed E-state index contributed by atoms with van der Waals surface area (Å²) in [4.78, 5) is 14.6. The minimum Gasteiger partial charge on any atom is -0.314 e. The lowest BCUT2D eigenvalue weighted by molar-refractivity contribution is -0.107. The number of carbonyl (C=O) groups excluding carboxylic acids is 1. The average molecular weight is 192 g/mol. The zero-order chi connectivity index (χ0) is 10.4. The zero-order valence-corrected chi connectivity index (χ0v) is 8.68. The minimum absolute atomic E-state index is 0.723. The number of nitrogens with zero attached hydrogens (tertiary/aromatic N) is 2. The number of hydrogen-bond acceptors (Lipinski definition) is 2. The van der Waals surface area contributed by atoms with Crippen molar-refractivity contribution < 1.29 is 4.79 Å². The van der Waals surface area contributed by atoms with Crippen molar-refractivity contribution in [3.63, 3.8) is 0 Å². The van der Waals surface area contributed by atoms with Gasteiger partial charge in [-0.25, -0.2) is 0 Å². The Hall–Kier alpha value is -1.35. The van der Waals surface area contributed by atoms with E-state index in [4.69, 9.17) is 0 Å². The molecule has 1 amide bonds. The van der Waals surface area contributed by atoms with Crippen molar-refractivity contribution in [1.29, 1.82) is 0 Å². The first-order chi connectivity index (χ1) is 6.74. The Labute approximate surface area is 84.9 Å². The SMILES string of the molecule is CN(C)CCN(C=O)c1ccccc1. The van der Waals surface area contributed by atoms with Gasteiger partial charge < -0.3 is 9.80 Å². The van der Waals surface area contributed by atoms with Gasteiger partial charge in [-0.3, -0.25) is 4.79 Å². The van der Waals surface area contributed by atoms with Crippen LogP contribution in [0.4, 0.5) is 5.69 Å². The highest BCUT2D eigenvalue weighted by molar-refractivity contribution is 5.74. The lowest BCUT2D eigenvalue weighted by Gasteiger charge is -2.19. The lowest BCUT2D eigenvalue weighted by atomic mass is 10.3. The summed E-state index contributed by atoms with van der Waals surface area (Å²) < 4.78 is 0. The number of carbonyl (C=O) groups is 1. The summed E-state index contributed by atoms with van der Waals surface area (Å²) >= 11 is 0. The molecule has 0 radical (unpaired) electrons. The van der Waals surface area contributed by atoms with Crippen LogP contribution < -0.4 is 4.90 Å². The van der Waals surface area contributed by atoms with Gasteiger partial charge in [0.05, 0.1) is 0 Å². The molecule has 14 heavy (non-hydrogen) atoms. The average Bonchev–Trinajstić information content (AvgIpc) is 2.20. The van der Waals surface area contributed by atoms with Crippen molar-refractivity contribution in [3.05, 3.63) is 30.3 Å². The summed E-state index contributed by atoms with van der Waals surface area (Å²) in [6.45, 7) is 1.59. The van der Waals surface area contributed by atoms with E-state index >= 15 is 0 Å². The van der Waals surface area contributed by atoms with E-state index in [1.54, 1.807) is 4.90 Å².